The van der Waals surface area contributed by atoms with Crippen molar-refractivity contribution in [1.82, 2.24) is 5.32 Å². The summed E-state index contributed by atoms with van der Waals surface area (Å²) in [5, 5.41) is 6.61. The Morgan fingerprint density at radius 1 is 1.03 bits per heavy atom. The summed E-state index contributed by atoms with van der Waals surface area (Å²) in [5.41, 5.74) is 7.91. The van der Waals surface area contributed by atoms with Gasteiger partial charge in [0, 0.05) is 23.3 Å². The van der Waals surface area contributed by atoms with E-state index >= 15 is 0 Å². The molecule has 1 aliphatic rings. The lowest BCUT2D eigenvalue weighted by molar-refractivity contribution is -0.117. The molecule has 0 radical (unpaired) electrons. The molecule has 29 heavy (non-hydrogen) atoms. The monoisotopic (exact) mass is 390 g/mol. The van der Waals surface area contributed by atoms with Gasteiger partial charge in [-0.25, -0.2) is 0 Å². The van der Waals surface area contributed by atoms with E-state index in [1.807, 2.05) is 26.8 Å². The fourth-order valence-corrected chi connectivity index (χ4v) is 4.03. The van der Waals surface area contributed by atoms with Crippen LogP contribution in [-0.2, 0) is 4.79 Å². The average Bonchev–Trinajstić information content (AvgIpc) is 3.17. The maximum atomic E-state index is 12.2. The van der Waals surface area contributed by atoms with Crippen molar-refractivity contribution in [3.8, 4) is 11.1 Å². The molecule has 0 spiro atoms. The van der Waals surface area contributed by atoms with Crippen molar-refractivity contribution in [3.63, 3.8) is 0 Å². The number of anilines is 1. The van der Waals surface area contributed by atoms with Crippen LogP contribution in [0.5, 0.6) is 0 Å². The highest BCUT2D eigenvalue weighted by Crippen LogP contribution is 2.29. The van der Waals surface area contributed by atoms with Gasteiger partial charge in [0.1, 0.15) is 0 Å². The Kier molecular flexibility index (Phi) is 6.79. The first-order valence-corrected chi connectivity index (χ1v) is 10.8. The van der Waals surface area contributed by atoms with Crippen LogP contribution in [0.1, 0.15) is 63.1 Å². The Bertz CT molecular complexity index is 888. The molecule has 0 saturated heterocycles. The highest BCUT2D eigenvalue weighted by Gasteiger charge is 2.14. The smallest absolute Gasteiger partial charge is 0.247 e. The van der Waals surface area contributed by atoms with Crippen molar-refractivity contribution < 1.29 is 4.79 Å². The predicted molar refractivity (Wildman–Crippen MR) is 124 cm³/mol. The largest absolute Gasteiger partial charge is 0.382 e. The van der Waals surface area contributed by atoms with E-state index in [4.69, 9.17) is 0 Å². The van der Waals surface area contributed by atoms with Crippen LogP contribution in [0.4, 0.5) is 5.69 Å². The zero-order chi connectivity index (χ0) is 21.0. The molecule has 3 nitrogen and oxygen atoms in total. The fraction of sp³-hybridized carbons (Fsp3) is 0.423. The van der Waals surface area contributed by atoms with Gasteiger partial charge in [-0.3, -0.25) is 4.79 Å². The third kappa shape index (κ3) is 5.50. The second kappa shape index (κ2) is 9.30. The van der Waals surface area contributed by atoms with Crippen molar-refractivity contribution in [1.29, 1.82) is 0 Å². The minimum atomic E-state index is -0.00789. The van der Waals surface area contributed by atoms with Crippen LogP contribution in [0.3, 0.4) is 0 Å². The summed E-state index contributed by atoms with van der Waals surface area (Å²) < 4.78 is 0. The number of hydrogen-bond acceptors (Lipinski definition) is 2. The molecule has 2 aromatic rings. The van der Waals surface area contributed by atoms with Crippen molar-refractivity contribution in [2.24, 2.45) is 0 Å². The number of aryl methyl sites for hydroxylation is 2. The van der Waals surface area contributed by atoms with Crippen LogP contribution in [0.2, 0.25) is 0 Å². The van der Waals surface area contributed by atoms with Crippen LogP contribution in [0.25, 0.3) is 17.2 Å². The van der Waals surface area contributed by atoms with E-state index < -0.39 is 0 Å². The molecule has 154 valence electrons. The molecular formula is C26H34N2O. The number of rotatable bonds is 6. The number of carbonyl (C=O) groups excluding carboxylic acids is 1. The zero-order valence-electron chi connectivity index (χ0n) is 18.4. The first-order valence-electron chi connectivity index (χ1n) is 10.8. The highest BCUT2D eigenvalue weighted by atomic mass is 16.1. The van der Waals surface area contributed by atoms with Crippen molar-refractivity contribution in [3.05, 3.63) is 58.7 Å². The molecular weight excluding hydrogens is 356 g/mol. The summed E-state index contributed by atoms with van der Waals surface area (Å²) in [6.45, 7) is 10.1. The third-order valence-corrected chi connectivity index (χ3v) is 5.68. The van der Waals surface area contributed by atoms with Gasteiger partial charge < -0.3 is 10.6 Å². The molecule has 0 unspecified atom stereocenters. The molecule has 3 heteroatoms. The van der Waals surface area contributed by atoms with Crippen molar-refractivity contribution >= 4 is 17.7 Å². The van der Waals surface area contributed by atoms with Gasteiger partial charge >= 0.3 is 0 Å². The van der Waals surface area contributed by atoms with Gasteiger partial charge in [0.05, 0.1) is 0 Å². The van der Waals surface area contributed by atoms with Crippen molar-refractivity contribution in [2.75, 3.05) is 5.32 Å². The molecule has 0 bridgehead atoms. The first kappa shape index (κ1) is 21.2. The van der Waals surface area contributed by atoms with Crippen LogP contribution in [-0.4, -0.2) is 18.0 Å². The van der Waals surface area contributed by atoms with E-state index in [2.05, 4.69) is 60.9 Å². The summed E-state index contributed by atoms with van der Waals surface area (Å²) in [7, 11) is 0. The van der Waals surface area contributed by atoms with E-state index in [-0.39, 0.29) is 11.9 Å². The normalized spacial score (nSPS) is 15.0. The van der Waals surface area contributed by atoms with Gasteiger partial charge in [-0.05, 0) is 93.5 Å². The quantitative estimate of drug-likeness (QED) is 0.572. The van der Waals surface area contributed by atoms with Crippen LogP contribution < -0.4 is 10.6 Å². The lowest BCUT2D eigenvalue weighted by atomic mass is 9.94. The molecule has 1 saturated carbocycles. The number of amides is 1. The average molecular weight is 391 g/mol. The van der Waals surface area contributed by atoms with E-state index in [1.165, 1.54) is 53.6 Å². The second-order valence-corrected chi connectivity index (χ2v) is 8.68. The minimum absolute atomic E-state index is 0.00789. The van der Waals surface area contributed by atoms with E-state index in [0.29, 0.717) is 6.04 Å². The van der Waals surface area contributed by atoms with Crippen LogP contribution in [0, 0.1) is 13.8 Å². The molecule has 0 heterocycles. The summed E-state index contributed by atoms with van der Waals surface area (Å²) in [5.74, 6) is -0.00789. The number of carbonyl (C=O) groups is 1. The van der Waals surface area contributed by atoms with Gasteiger partial charge in [0.2, 0.25) is 5.91 Å². The maximum absolute atomic E-state index is 12.2. The molecule has 2 aromatic carbocycles. The molecule has 1 aliphatic carbocycles. The Hall–Kier alpha value is -2.55. The summed E-state index contributed by atoms with van der Waals surface area (Å²) in [4.78, 5) is 12.2. The van der Waals surface area contributed by atoms with Gasteiger partial charge in [-0.1, -0.05) is 37.1 Å². The van der Waals surface area contributed by atoms with Gasteiger partial charge in [-0.15, -0.1) is 0 Å². The number of benzene rings is 2. The first-order chi connectivity index (χ1) is 13.8. The number of hydrogen-bond donors (Lipinski definition) is 2. The third-order valence-electron chi connectivity index (χ3n) is 5.68. The summed E-state index contributed by atoms with van der Waals surface area (Å²) in [6, 6.07) is 14.0. The Morgan fingerprint density at radius 3 is 2.31 bits per heavy atom. The molecule has 0 aliphatic heterocycles. The predicted octanol–water partition coefficient (Wildman–Crippen LogP) is 6.25. The molecule has 1 amide bonds. The lowest BCUT2D eigenvalue weighted by Crippen LogP contribution is -2.30. The van der Waals surface area contributed by atoms with Gasteiger partial charge in [-0.2, -0.15) is 0 Å². The molecule has 3 rings (SSSR count). The molecule has 2 N–H and O–H groups in total. The summed E-state index contributed by atoms with van der Waals surface area (Å²) in [6.07, 6.45) is 7.23. The van der Waals surface area contributed by atoms with Gasteiger partial charge in [0.25, 0.3) is 0 Å². The Morgan fingerprint density at radius 2 is 1.69 bits per heavy atom. The van der Waals surface area contributed by atoms with Crippen LogP contribution >= 0.6 is 0 Å². The van der Waals surface area contributed by atoms with Crippen LogP contribution in [0.15, 0.2) is 42.0 Å². The van der Waals surface area contributed by atoms with E-state index in [1.54, 1.807) is 0 Å². The Labute approximate surface area is 175 Å². The van der Waals surface area contributed by atoms with Crippen molar-refractivity contribution in [2.45, 2.75) is 72.4 Å². The molecule has 1 fully saturated rings. The fourth-order valence-electron chi connectivity index (χ4n) is 4.03. The Balaban J connectivity index is 1.79. The minimum Gasteiger partial charge on any atom is -0.382 e. The zero-order valence-corrected chi connectivity index (χ0v) is 18.4. The SMILES string of the molecule is CC(=Cc1cc(C)c(-c2ccc(NC3CCCC3)cc2)cc1C)C(=O)NC(C)C. The second-order valence-electron chi connectivity index (χ2n) is 8.68. The molecule has 0 aromatic heterocycles. The standard InChI is InChI=1S/C26H34N2O/c1-17(2)27-26(29)20(5)15-22-14-19(4)25(16-18(22)3)21-10-12-24(13-11-21)28-23-8-6-7-9-23/h10-17,23,28H,6-9H2,1-5H3,(H,27,29). The number of nitrogens with one attached hydrogen (secondary N) is 2. The maximum Gasteiger partial charge on any atom is 0.247 e. The lowest BCUT2D eigenvalue weighted by Gasteiger charge is -2.15. The molecule has 0 atom stereocenters. The van der Waals surface area contributed by atoms with E-state index in [0.717, 1.165) is 11.1 Å². The topological polar surface area (TPSA) is 41.1 Å². The van der Waals surface area contributed by atoms with Gasteiger partial charge in [0.15, 0.2) is 0 Å². The summed E-state index contributed by atoms with van der Waals surface area (Å²) >= 11 is 0. The van der Waals surface area contributed by atoms with E-state index in [9.17, 15) is 4.79 Å². The highest BCUT2D eigenvalue weighted by molar-refractivity contribution is 5.97.